The molecule has 874 valence electrons. The van der Waals surface area contributed by atoms with E-state index in [2.05, 4.69) is 58.0 Å². The summed E-state index contributed by atoms with van der Waals surface area (Å²) in [5, 5.41) is 0. The van der Waals surface area contributed by atoms with Gasteiger partial charge < -0.3 is 71.1 Å². The molecule has 6 bridgehead atoms. The number of hydrogen-bond acceptors (Lipinski definition) is 30. The lowest BCUT2D eigenvalue weighted by Crippen LogP contribution is -2.63. The highest BCUT2D eigenvalue weighted by Gasteiger charge is 2.64. The van der Waals surface area contributed by atoms with Crippen LogP contribution in [0.3, 0.4) is 0 Å². The highest BCUT2D eigenvalue weighted by Crippen LogP contribution is 2.62. The van der Waals surface area contributed by atoms with E-state index in [-0.39, 0.29) is 238 Å². The molecule has 34 heteroatoms. The van der Waals surface area contributed by atoms with E-state index in [0.717, 1.165) is 56.8 Å². The molecule has 0 aromatic carbocycles. The van der Waals surface area contributed by atoms with Gasteiger partial charge in [-0.2, -0.15) is 0 Å². The second-order valence-corrected chi connectivity index (χ2v) is 41.3. The summed E-state index contributed by atoms with van der Waals surface area (Å²) >= 11 is 0. The van der Waals surface area contributed by atoms with Crippen LogP contribution < -0.4 is 0 Å². The van der Waals surface area contributed by atoms with Crippen molar-refractivity contribution in [1.29, 1.82) is 0 Å². The van der Waals surface area contributed by atoms with E-state index < -0.39 is 143 Å². The molecule has 0 amide bonds. The van der Waals surface area contributed by atoms with Crippen molar-refractivity contribution in [2.75, 3.05) is 66.1 Å². The summed E-state index contributed by atoms with van der Waals surface area (Å²) < 4.78 is 131. The van der Waals surface area contributed by atoms with Gasteiger partial charge in [0, 0.05) is 23.8 Å². The Bertz CT molecular complexity index is 3830. The van der Waals surface area contributed by atoms with Gasteiger partial charge in [-0.05, 0) is 255 Å². The fraction of sp³-hybridized carbons (Fsp3) is 0.850. The molecule has 30 nitrogen and oxygen atoms in total. The van der Waals surface area contributed by atoms with Crippen LogP contribution in [0.25, 0.3) is 0 Å². The Morgan fingerprint density at radius 1 is 0.381 bits per heavy atom. The third-order valence-corrected chi connectivity index (χ3v) is 27.8. The highest BCUT2D eigenvalue weighted by molar-refractivity contribution is 5.87. The summed E-state index contributed by atoms with van der Waals surface area (Å²) in [4.78, 5) is 175. The maximum Gasteiger partial charge on any atom is 0.347 e. The van der Waals surface area contributed by atoms with Crippen molar-refractivity contribution in [1.82, 2.24) is 0 Å². The minimum atomic E-state index is -3.68. The first kappa shape index (κ1) is 164. The van der Waals surface area contributed by atoms with E-state index in [1.54, 1.807) is 69.2 Å². The Hall–Kier alpha value is -8.49. The largest absolute Gasteiger partial charge is 0.463 e. The predicted molar refractivity (Wildman–Crippen MR) is 572 cm³/mol. The Labute approximate surface area is 888 Å². The molecule has 2 aliphatic heterocycles. The zero-order chi connectivity index (χ0) is 101. The Kier molecular flexibility index (Phi) is 80.3. The van der Waals surface area contributed by atoms with Gasteiger partial charge in [0.15, 0.2) is 6.61 Å². The van der Waals surface area contributed by atoms with Crippen molar-refractivity contribution < 1.29 is 161 Å². The SMILES string of the molecule is C.C.C.C.C.C.C.C.C.C.C.C.C.C.C=C(C)C(=O)OCCOC(=O)CC(F)(F)CC(=O)OCCOC(=O)C(C)(C)CC.CCC(C)(C)C(=O)OC1(C(C)C)C2CC3CC(C2)CC1C3.CCC(C)(C)C(=O)OC1CCOC1=O.CCC(C)(C)C(=O)OCC(=O)OC1C2CC3C(=O)OC1C3C2.CCC(C)(C)C(=O)OCCOC(=O)CC(F)(F)CC(=O)OCCOC(=O)C(C)(C)CC.CCC1(OC(=O)C(C)(C)CC)CCCCC1. The molecule has 9 fully saturated rings. The molecule has 0 aromatic rings. The Morgan fingerprint density at radius 2 is 0.694 bits per heavy atom. The monoisotopic (exact) mass is 2130 g/mol. The van der Waals surface area contributed by atoms with E-state index in [1.165, 1.54) is 58.3 Å². The van der Waals surface area contributed by atoms with E-state index >= 15 is 0 Å². The number of fused-ring (bicyclic) bond motifs is 1. The number of hydrogen-bond donors (Lipinski definition) is 0. The minimum absolute atomic E-state index is 0. The molecule has 9 aliphatic rings. The number of rotatable bonds is 43. The van der Waals surface area contributed by atoms with Gasteiger partial charge in [0.25, 0.3) is 11.8 Å². The van der Waals surface area contributed by atoms with Gasteiger partial charge in [-0.15, -0.1) is 0 Å². The van der Waals surface area contributed by atoms with Crippen LogP contribution in [0, 0.1) is 85.2 Å². The second-order valence-electron chi connectivity index (χ2n) is 41.3. The van der Waals surface area contributed by atoms with Crippen molar-refractivity contribution in [3.05, 3.63) is 12.2 Å². The number of ether oxygens (including phenoxy) is 15. The summed E-state index contributed by atoms with van der Waals surface area (Å²) in [6, 6.07) is 0. The average molecular weight is 2130 g/mol. The third kappa shape index (κ3) is 51.0. The van der Waals surface area contributed by atoms with Crippen LogP contribution in [0.1, 0.15) is 438 Å². The molecule has 7 aliphatic carbocycles. The topological polar surface area (TPSA) is 394 Å². The quantitative estimate of drug-likeness (QED) is 0.0180. The molecule has 2 saturated heterocycles. The lowest BCUT2D eigenvalue weighted by atomic mass is 9.47. The Balaban J connectivity index is -0.000000148. The third-order valence-electron chi connectivity index (χ3n) is 27.8. The van der Waals surface area contributed by atoms with E-state index in [9.17, 15) is 89.5 Å². The Morgan fingerprint density at radius 3 is 1.01 bits per heavy atom. The first-order valence-electron chi connectivity index (χ1n) is 47.7. The first-order chi connectivity index (χ1) is 61.5. The summed E-state index contributed by atoms with van der Waals surface area (Å²) in [5.74, 6) is -12.5. The number of esters is 15. The molecule has 0 spiro atoms. The fourth-order valence-corrected chi connectivity index (χ4v) is 16.0. The van der Waals surface area contributed by atoms with E-state index in [0.29, 0.717) is 62.9 Å². The lowest BCUT2D eigenvalue weighted by Gasteiger charge is -2.62. The van der Waals surface area contributed by atoms with Gasteiger partial charge in [0.1, 0.15) is 102 Å². The summed E-state index contributed by atoms with van der Waals surface area (Å²) in [5.41, 5.74) is -4.08. The lowest BCUT2D eigenvalue weighted by molar-refractivity contribution is -0.231. The molecule has 147 heavy (non-hydrogen) atoms. The number of cyclic esters (lactones) is 1. The molecular weight excluding hydrogens is 1910 g/mol. The number of carbonyl (C=O) groups excluding carboxylic acids is 15. The van der Waals surface area contributed by atoms with E-state index in [1.807, 2.05) is 69.2 Å². The standard InChI is InChI=1S/C21H34F2O8.C19H28F2O8.C19H32O2.C16H22O6.C14H26O2.C10H16O4.14CH4/c1-7-19(3,4)17(26)30-11-9-28-15(24)13-21(22,23)14-16(25)29-10-12-31-18(27)20(5,6)8-2;1-6-18(4,5)17(25)29-10-8-27-15(23)12-19(20,21)11-14(22)26-7-9-28-16(24)13(2)3;1-6-18(4,5)17(20)21-19(12(2)3)15-8-13-7-14(10-15)11-16(19)9-13;1-4-16(2,3)15(19)20-7-11(17)21-12-8-5-9-10(6-8)14(18)22-13(9)12;1-5-13(3,4)12(15)16-14(6-2)10-8-7-9-11-14;1-4-10(2,3)9(12)14-7-5-6-13-8(7)11;;;;;;;;;;;;;;/h7-14H2,1-6H3;2,6-12H2,1,3-5H3;12-16H,6-11H2,1-5H3;8-10,12-13H,4-7H2,1-3H3;5-11H2,1-4H3;7H,4-6H2,1-3H3;14*1H4. The van der Waals surface area contributed by atoms with Crippen LogP contribution in [-0.2, 0) is 143 Å². The fourth-order valence-electron chi connectivity index (χ4n) is 16.0. The molecule has 0 N–H and O–H groups in total. The molecule has 6 unspecified atom stereocenters. The average Bonchev–Trinajstić information content (AvgIpc) is 1.15. The molecule has 9 rings (SSSR count). The van der Waals surface area contributed by atoms with Crippen LogP contribution in [-0.4, -0.2) is 197 Å². The maximum absolute atomic E-state index is 13.8. The smallest absolute Gasteiger partial charge is 0.347 e. The van der Waals surface area contributed by atoms with Crippen molar-refractivity contribution >= 4 is 89.5 Å². The number of alkyl halides is 4. The molecule has 0 aromatic heterocycles. The summed E-state index contributed by atoms with van der Waals surface area (Å²) in [7, 11) is 0. The minimum Gasteiger partial charge on any atom is -0.463 e. The van der Waals surface area contributed by atoms with Crippen LogP contribution >= 0.6 is 0 Å². The zero-order valence-electron chi connectivity index (χ0n) is 84.1. The summed E-state index contributed by atoms with van der Waals surface area (Å²) in [6.45, 7) is 47.5. The van der Waals surface area contributed by atoms with Gasteiger partial charge in [0.05, 0.1) is 50.4 Å². The van der Waals surface area contributed by atoms with Crippen LogP contribution in [0.4, 0.5) is 17.6 Å². The van der Waals surface area contributed by atoms with Crippen molar-refractivity contribution in [3.63, 3.8) is 0 Å². The second kappa shape index (κ2) is 72.1. The van der Waals surface area contributed by atoms with Gasteiger partial charge in [-0.25, -0.2) is 31.9 Å². The molecule has 6 atom stereocenters. The van der Waals surface area contributed by atoms with Crippen molar-refractivity contribution in [3.8, 4) is 0 Å². The van der Waals surface area contributed by atoms with E-state index in [4.69, 9.17) is 47.4 Å². The van der Waals surface area contributed by atoms with Crippen molar-refractivity contribution in [2.24, 2.45) is 85.2 Å². The zero-order valence-corrected chi connectivity index (χ0v) is 84.1. The number of carbonyl (C=O) groups is 15. The van der Waals surface area contributed by atoms with Crippen molar-refractivity contribution in [2.45, 2.75) is 479 Å². The predicted octanol–water partition coefficient (Wildman–Crippen LogP) is 26.6. The van der Waals surface area contributed by atoms with Crippen LogP contribution in [0.15, 0.2) is 12.2 Å². The van der Waals surface area contributed by atoms with Gasteiger partial charge in [-0.1, -0.05) is 186 Å². The number of halogens is 4. The summed E-state index contributed by atoms with van der Waals surface area (Å²) in [6.07, 6.45) is 13.4. The van der Waals surface area contributed by atoms with Gasteiger partial charge in [-0.3, -0.25) is 57.5 Å². The highest BCUT2D eigenvalue weighted by atomic mass is 19.3. The first-order valence-corrected chi connectivity index (χ1v) is 47.7. The molecular formula is C113H214F4O30. The molecule has 7 saturated carbocycles. The normalized spacial score (nSPS) is 20.4. The van der Waals surface area contributed by atoms with Gasteiger partial charge >= 0.3 is 89.5 Å². The molecule has 0 radical (unpaired) electrons. The van der Waals surface area contributed by atoms with Crippen LogP contribution in [0.2, 0.25) is 0 Å². The molecule has 2 heterocycles. The maximum atomic E-state index is 13.8. The van der Waals surface area contributed by atoms with Gasteiger partial charge in [0.2, 0.25) is 6.10 Å². The van der Waals surface area contributed by atoms with Crippen LogP contribution in [0.5, 0.6) is 0 Å².